The van der Waals surface area contributed by atoms with Crippen LogP contribution in [0.4, 0.5) is 0 Å². The fraction of sp³-hybridized carbons (Fsp3) is 0.400. The van der Waals surface area contributed by atoms with E-state index in [4.69, 9.17) is 9.47 Å². The number of hydrogen-bond acceptors (Lipinski definition) is 4. The molecular formula is C30H36O4S. The van der Waals surface area contributed by atoms with Crippen LogP contribution in [0.2, 0.25) is 0 Å². The van der Waals surface area contributed by atoms with Crippen LogP contribution >= 0.6 is 0 Å². The van der Waals surface area contributed by atoms with Crippen LogP contribution in [0.1, 0.15) is 64.7 Å². The first-order valence-electron chi connectivity index (χ1n) is 12.9. The molecule has 0 aromatic heterocycles. The predicted octanol–water partition coefficient (Wildman–Crippen LogP) is 8.22. The van der Waals surface area contributed by atoms with Crippen molar-refractivity contribution in [3.05, 3.63) is 78.9 Å². The molecule has 0 amide bonds. The summed E-state index contributed by atoms with van der Waals surface area (Å²) >= 11 is 0. The predicted molar refractivity (Wildman–Crippen MR) is 140 cm³/mol. The summed E-state index contributed by atoms with van der Waals surface area (Å²) < 4.78 is 38.4. The van der Waals surface area contributed by atoms with Crippen LogP contribution in [0.15, 0.2) is 88.7 Å². The summed E-state index contributed by atoms with van der Waals surface area (Å²) in [5, 5.41) is 0. The third kappa shape index (κ3) is 7.11. The molecule has 3 aromatic carbocycles. The SMILES string of the molecule is CCCCC(CCC1CCCC1)Oc1ccc(S(=O)(=O)c2ccc(Oc3ccccc3)cc2)cc1. The normalized spacial score (nSPS) is 15.1. The van der Waals surface area contributed by atoms with Crippen LogP contribution in [0.5, 0.6) is 17.2 Å². The van der Waals surface area contributed by atoms with Crippen LogP contribution in [0.3, 0.4) is 0 Å². The number of hydrogen-bond donors (Lipinski definition) is 0. The Labute approximate surface area is 210 Å². The molecule has 0 radical (unpaired) electrons. The van der Waals surface area contributed by atoms with Gasteiger partial charge in [-0.1, -0.05) is 63.6 Å². The molecule has 1 saturated carbocycles. The Bertz CT molecular complexity index is 1130. The topological polar surface area (TPSA) is 52.6 Å². The molecule has 1 aliphatic rings. The molecule has 0 spiro atoms. The minimum atomic E-state index is -3.62. The lowest BCUT2D eigenvalue weighted by atomic mass is 9.97. The fourth-order valence-electron chi connectivity index (χ4n) is 4.75. The molecule has 0 bridgehead atoms. The number of unbranched alkanes of at least 4 members (excludes halogenated alkanes) is 1. The van der Waals surface area contributed by atoms with Crippen molar-refractivity contribution >= 4 is 9.84 Å². The van der Waals surface area contributed by atoms with E-state index in [-0.39, 0.29) is 15.9 Å². The van der Waals surface area contributed by atoms with Crippen molar-refractivity contribution in [1.29, 1.82) is 0 Å². The van der Waals surface area contributed by atoms with E-state index in [1.807, 2.05) is 30.3 Å². The lowest BCUT2D eigenvalue weighted by Crippen LogP contribution is -2.18. The second-order valence-corrected chi connectivity index (χ2v) is 11.4. The molecule has 1 atom stereocenters. The molecule has 186 valence electrons. The van der Waals surface area contributed by atoms with Crippen molar-refractivity contribution < 1.29 is 17.9 Å². The van der Waals surface area contributed by atoms with Gasteiger partial charge in [0, 0.05) is 0 Å². The van der Waals surface area contributed by atoms with Gasteiger partial charge in [-0.3, -0.25) is 0 Å². The molecule has 4 rings (SSSR count). The lowest BCUT2D eigenvalue weighted by molar-refractivity contribution is 0.167. The molecule has 1 aliphatic carbocycles. The number of para-hydroxylation sites is 1. The van der Waals surface area contributed by atoms with Crippen molar-refractivity contribution in [2.75, 3.05) is 0 Å². The van der Waals surface area contributed by atoms with Gasteiger partial charge in [-0.15, -0.1) is 0 Å². The van der Waals surface area contributed by atoms with E-state index >= 15 is 0 Å². The summed E-state index contributed by atoms with van der Waals surface area (Å²) in [6, 6.07) is 22.8. The second-order valence-electron chi connectivity index (χ2n) is 9.47. The number of rotatable bonds is 12. The molecule has 0 saturated heterocycles. The van der Waals surface area contributed by atoms with Crippen molar-refractivity contribution in [2.45, 2.75) is 80.6 Å². The van der Waals surface area contributed by atoms with E-state index in [1.165, 1.54) is 32.1 Å². The van der Waals surface area contributed by atoms with Crippen LogP contribution in [0.25, 0.3) is 0 Å². The monoisotopic (exact) mass is 492 g/mol. The van der Waals surface area contributed by atoms with Crippen molar-refractivity contribution in [1.82, 2.24) is 0 Å². The summed E-state index contributed by atoms with van der Waals surface area (Å²) in [5.41, 5.74) is 0. The first kappa shape index (κ1) is 25.3. The minimum absolute atomic E-state index is 0.190. The van der Waals surface area contributed by atoms with Gasteiger partial charge in [-0.25, -0.2) is 8.42 Å². The van der Waals surface area contributed by atoms with Crippen LogP contribution < -0.4 is 9.47 Å². The molecule has 5 heteroatoms. The van der Waals surface area contributed by atoms with Gasteiger partial charge in [0.25, 0.3) is 0 Å². The largest absolute Gasteiger partial charge is 0.490 e. The molecule has 0 aliphatic heterocycles. The molecule has 1 unspecified atom stereocenters. The summed E-state index contributed by atoms with van der Waals surface area (Å²) in [7, 11) is -3.62. The van der Waals surface area contributed by atoms with Gasteiger partial charge in [0.15, 0.2) is 0 Å². The standard InChI is InChI=1S/C30H36O4S/c1-2-3-11-26(15-14-24-9-7-8-10-24)34-28-18-22-30(23-19-28)35(31,32)29-20-16-27(17-21-29)33-25-12-5-4-6-13-25/h4-6,12-13,16-24,26H,2-3,7-11,14-15H2,1H3. The van der Waals surface area contributed by atoms with Gasteiger partial charge in [0.2, 0.25) is 9.84 Å². The maximum Gasteiger partial charge on any atom is 0.206 e. The fourth-order valence-corrected chi connectivity index (χ4v) is 6.01. The number of sulfone groups is 1. The Morgan fingerprint density at radius 1 is 0.771 bits per heavy atom. The van der Waals surface area contributed by atoms with E-state index in [2.05, 4.69) is 6.92 Å². The maximum atomic E-state index is 13.1. The lowest BCUT2D eigenvalue weighted by Gasteiger charge is -2.21. The Morgan fingerprint density at radius 3 is 1.94 bits per heavy atom. The quantitative estimate of drug-likeness (QED) is 0.255. The number of benzene rings is 3. The van der Waals surface area contributed by atoms with Crippen LogP contribution in [-0.4, -0.2) is 14.5 Å². The Hall–Kier alpha value is -2.79. The van der Waals surface area contributed by atoms with E-state index in [1.54, 1.807) is 48.5 Å². The molecular weight excluding hydrogens is 456 g/mol. The average molecular weight is 493 g/mol. The number of ether oxygens (including phenoxy) is 2. The summed E-state index contributed by atoms with van der Waals surface area (Å²) in [6.45, 7) is 2.20. The zero-order valence-corrected chi connectivity index (χ0v) is 21.4. The summed E-state index contributed by atoms with van der Waals surface area (Å²) in [4.78, 5) is 0.501. The molecule has 1 fully saturated rings. The van der Waals surface area contributed by atoms with Crippen molar-refractivity contribution in [2.24, 2.45) is 5.92 Å². The zero-order chi connectivity index (χ0) is 24.5. The molecule has 3 aromatic rings. The summed E-state index contributed by atoms with van der Waals surface area (Å²) in [6.07, 6.45) is 11.3. The maximum absolute atomic E-state index is 13.1. The van der Waals surface area contributed by atoms with Gasteiger partial charge < -0.3 is 9.47 Å². The molecule has 0 N–H and O–H groups in total. The van der Waals surface area contributed by atoms with Crippen LogP contribution in [-0.2, 0) is 9.84 Å². The summed E-state index contributed by atoms with van der Waals surface area (Å²) in [5.74, 6) is 2.89. The van der Waals surface area contributed by atoms with Crippen LogP contribution in [0, 0.1) is 5.92 Å². The highest BCUT2D eigenvalue weighted by atomic mass is 32.2. The highest BCUT2D eigenvalue weighted by Crippen LogP contribution is 2.31. The molecule has 4 nitrogen and oxygen atoms in total. The first-order chi connectivity index (χ1) is 17.0. The zero-order valence-electron chi connectivity index (χ0n) is 20.6. The third-order valence-corrected chi connectivity index (χ3v) is 8.59. The highest BCUT2D eigenvalue weighted by molar-refractivity contribution is 7.91. The third-order valence-electron chi connectivity index (χ3n) is 6.80. The Morgan fingerprint density at radius 2 is 1.34 bits per heavy atom. The van der Waals surface area contributed by atoms with Gasteiger partial charge >= 0.3 is 0 Å². The highest BCUT2D eigenvalue weighted by Gasteiger charge is 2.20. The van der Waals surface area contributed by atoms with Gasteiger partial charge in [0.05, 0.1) is 15.9 Å². The Kier molecular flexibility index (Phi) is 8.86. The van der Waals surface area contributed by atoms with Crippen molar-refractivity contribution in [3.8, 4) is 17.2 Å². The van der Waals surface area contributed by atoms with Gasteiger partial charge in [-0.05, 0) is 85.8 Å². The van der Waals surface area contributed by atoms with Crippen molar-refractivity contribution in [3.63, 3.8) is 0 Å². The molecule has 0 heterocycles. The van der Waals surface area contributed by atoms with Gasteiger partial charge in [0.1, 0.15) is 17.2 Å². The smallest absolute Gasteiger partial charge is 0.206 e. The van der Waals surface area contributed by atoms with E-state index in [9.17, 15) is 8.42 Å². The average Bonchev–Trinajstić information content (AvgIpc) is 3.41. The second kappa shape index (κ2) is 12.3. The van der Waals surface area contributed by atoms with E-state index < -0.39 is 9.84 Å². The van der Waals surface area contributed by atoms with E-state index in [0.29, 0.717) is 11.5 Å². The minimum Gasteiger partial charge on any atom is -0.490 e. The van der Waals surface area contributed by atoms with Gasteiger partial charge in [-0.2, -0.15) is 0 Å². The molecule has 35 heavy (non-hydrogen) atoms. The Balaban J connectivity index is 1.39. The van der Waals surface area contributed by atoms with E-state index in [0.717, 1.165) is 37.4 Å². The first-order valence-corrected chi connectivity index (χ1v) is 14.4.